The largest absolute Gasteiger partial charge is 0.461 e. The van der Waals surface area contributed by atoms with Gasteiger partial charge in [0, 0.05) is 18.2 Å². The molecule has 2 aromatic carbocycles. The van der Waals surface area contributed by atoms with E-state index in [4.69, 9.17) is 21.5 Å². The van der Waals surface area contributed by atoms with Crippen LogP contribution in [0, 0.1) is 15.9 Å². The Morgan fingerprint density at radius 2 is 2.04 bits per heavy atom. The molecular weight excluding hydrogens is 417 g/mol. The van der Waals surface area contributed by atoms with Gasteiger partial charge in [-0.15, -0.1) is 0 Å². The molecule has 28 heavy (non-hydrogen) atoms. The average molecular weight is 432 g/mol. The second kappa shape index (κ2) is 8.95. The Morgan fingerprint density at radius 3 is 2.64 bits per heavy atom. The fraction of sp³-hybridized carbons (Fsp3) is 0.188. The third-order valence-electron chi connectivity index (χ3n) is 3.58. The number of nitro groups is 1. The van der Waals surface area contributed by atoms with E-state index in [0.29, 0.717) is 0 Å². The van der Waals surface area contributed by atoms with Crippen LogP contribution in [0.25, 0.3) is 0 Å². The van der Waals surface area contributed by atoms with E-state index < -0.39 is 37.3 Å². The number of hydrogen-bond acceptors (Lipinski definition) is 7. The summed E-state index contributed by atoms with van der Waals surface area (Å²) in [6, 6.07) is 7.14. The van der Waals surface area contributed by atoms with Crippen LogP contribution in [0.3, 0.4) is 0 Å². The standard InChI is InChI=1S/C16H15ClFN3O6S/c17-12-2-1-3-13(18)11(12)9-27-16(22)6-7-20-14-5-4-10(28(19,25)26)8-15(14)21(23)24/h1-5,8,20H,6-7,9H2,(H2,19,25,26). The van der Waals surface area contributed by atoms with Gasteiger partial charge >= 0.3 is 5.97 Å². The minimum atomic E-state index is -4.10. The minimum absolute atomic E-state index is 0.00217. The van der Waals surface area contributed by atoms with E-state index in [9.17, 15) is 27.7 Å². The molecule has 0 heterocycles. The molecule has 12 heteroatoms. The Kier molecular flexibility index (Phi) is 6.89. The molecule has 0 spiro atoms. The maximum atomic E-state index is 13.6. The van der Waals surface area contributed by atoms with Crippen molar-refractivity contribution in [2.24, 2.45) is 5.14 Å². The van der Waals surface area contributed by atoms with Crippen molar-refractivity contribution in [1.82, 2.24) is 0 Å². The predicted molar refractivity (Wildman–Crippen MR) is 98.8 cm³/mol. The quantitative estimate of drug-likeness (QED) is 0.371. The van der Waals surface area contributed by atoms with Gasteiger partial charge in [0.15, 0.2) is 0 Å². The summed E-state index contributed by atoms with van der Waals surface area (Å²) < 4.78 is 41.1. The van der Waals surface area contributed by atoms with Gasteiger partial charge in [-0.2, -0.15) is 0 Å². The van der Waals surface area contributed by atoms with E-state index in [0.717, 1.165) is 12.1 Å². The molecule has 0 aromatic heterocycles. The highest BCUT2D eigenvalue weighted by Crippen LogP contribution is 2.27. The molecule has 0 atom stereocenters. The number of ether oxygens (including phenoxy) is 1. The van der Waals surface area contributed by atoms with Gasteiger partial charge in [0.25, 0.3) is 5.69 Å². The number of nitrogens with one attached hydrogen (secondary N) is 1. The van der Waals surface area contributed by atoms with Crippen LogP contribution in [0.15, 0.2) is 41.3 Å². The van der Waals surface area contributed by atoms with Gasteiger partial charge in [-0.25, -0.2) is 17.9 Å². The lowest BCUT2D eigenvalue weighted by Crippen LogP contribution is -2.14. The number of nitrogens with two attached hydrogens (primary N) is 1. The van der Waals surface area contributed by atoms with E-state index in [-0.39, 0.29) is 35.8 Å². The molecular formula is C16H15ClFN3O6S. The zero-order valence-electron chi connectivity index (χ0n) is 14.2. The lowest BCUT2D eigenvalue weighted by molar-refractivity contribution is -0.384. The van der Waals surface area contributed by atoms with Crippen molar-refractivity contribution in [2.75, 3.05) is 11.9 Å². The lowest BCUT2D eigenvalue weighted by atomic mass is 10.2. The SMILES string of the molecule is NS(=O)(=O)c1ccc(NCCC(=O)OCc2c(F)cccc2Cl)c([N+](=O)[O-])c1. The van der Waals surface area contributed by atoms with Crippen LogP contribution in [0.1, 0.15) is 12.0 Å². The van der Waals surface area contributed by atoms with E-state index in [1.807, 2.05) is 0 Å². The summed E-state index contributed by atoms with van der Waals surface area (Å²) in [5, 5.41) is 18.8. The third-order valence-corrected chi connectivity index (χ3v) is 4.84. The zero-order valence-corrected chi connectivity index (χ0v) is 15.8. The molecule has 0 aliphatic rings. The summed E-state index contributed by atoms with van der Waals surface area (Å²) in [6.07, 6.45) is -0.180. The second-order valence-electron chi connectivity index (χ2n) is 5.52. The third kappa shape index (κ3) is 5.62. The fourth-order valence-corrected chi connectivity index (χ4v) is 2.93. The lowest BCUT2D eigenvalue weighted by Gasteiger charge is -2.09. The van der Waals surface area contributed by atoms with Gasteiger partial charge in [-0.1, -0.05) is 17.7 Å². The molecule has 0 radical (unpaired) electrons. The van der Waals surface area contributed by atoms with E-state index in [1.165, 1.54) is 24.3 Å². The molecule has 0 saturated heterocycles. The topological polar surface area (TPSA) is 142 Å². The normalized spacial score (nSPS) is 11.1. The number of anilines is 1. The Bertz CT molecular complexity index is 995. The Balaban J connectivity index is 1.95. The van der Waals surface area contributed by atoms with E-state index in [2.05, 4.69) is 5.32 Å². The molecule has 9 nitrogen and oxygen atoms in total. The Labute approximate surface area is 164 Å². The first-order valence-corrected chi connectivity index (χ1v) is 9.65. The first kappa shape index (κ1) is 21.5. The van der Waals surface area contributed by atoms with Crippen LogP contribution in [-0.4, -0.2) is 25.9 Å². The molecule has 2 rings (SSSR count). The predicted octanol–water partition coefficient (Wildman–Crippen LogP) is 2.58. The number of nitro benzene ring substituents is 1. The van der Waals surface area contributed by atoms with Crippen molar-refractivity contribution >= 4 is 39.0 Å². The number of primary sulfonamides is 1. The van der Waals surface area contributed by atoms with Crippen molar-refractivity contribution in [3.63, 3.8) is 0 Å². The maximum absolute atomic E-state index is 13.6. The summed E-state index contributed by atoms with van der Waals surface area (Å²) in [5.74, 6) is -1.29. The summed E-state index contributed by atoms with van der Waals surface area (Å²) >= 11 is 5.83. The van der Waals surface area contributed by atoms with Gasteiger partial charge in [0.2, 0.25) is 10.0 Å². The smallest absolute Gasteiger partial charge is 0.307 e. The number of carbonyl (C=O) groups excluding carboxylic acids is 1. The number of sulfonamides is 1. The number of benzene rings is 2. The Hall–Kier alpha value is -2.76. The zero-order chi connectivity index (χ0) is 20.9. The molecule has 150 valence electrons. The van der Waals surface area contributed by atoms with Crippen LogP contribution in [0.2, 0.25) is 5.02 Å². The van der Waals surface area contributed by atoms with Crippen LogP contribution in [0.5, 0.6) is 0 Å². The number of esters is 1. The average Bonchev–Trinajstić information content (AvgIpc) is 2.60. The highest BCUT2D eigenvalue weighted by Gasteiger charge is 2.19. The molecule has 0 saturated carbocycles. The fourth-order valence-electron chi connectivity index (χ4n) is 2.18. The van der Waals surface area contributed by atoms with Gasteiger partial charge < -0.3 is 10.1 Å². The number of halogens is 2. The number of rotatable bonds is 8. The first-order valence-electron chi connectivity index (χ1n) is 7.73. The van der Waals surface area contributed by atoms with Crippen LogP contribution >= 0.6 is 11.6 Å². The number of carbonyl (C=O) groups is 1. The molecule has 0 unspecified atom stereocenters. The highest BCUT2D eigenvalue weighted by molar-refractivity contribution is 7.89. The summed E-state index contributed by atoms with van der Waals surface area (Å²) in [6.45, 7) is -0.396. The van der Waals surface area contributed by atoms with E-state index >= 15 is 0 Å². The van der Waals surface area contributed by atoms with Gasteiger partial charge in [-0.3, -0.25) is 14.9 Å². The van der Waals surface area contributed by atoms with Crippen molar-refractivity contribution < 1.29 is 27.3 Å². The van der Waals surface area contributed by atoms with E-state index in [1.54, 1.807) is 0 Å². The van der Waals surface area contributed by atoms with Crippen molar-refractivity contribution in [1.29, 1.82) is 0 Å². The molecule has 0 bridgehead atoms. The molecule has 2 aromatic rings. The number of nitrogens with zero attached hydrogens (tertiary/aromatic N) is 1. The summed E-state index contributed by atoms with van der Waals surface area (Å²) in [7, 11) is -4.10. The highest BCUT2D eigenvalue weighted by atomic mass is 35.5. The summed E-state index contributed by atoms with van der Waals surface area (Å²) in [5.41, 5.74) is -0.472. The minimum Gasteiger partial charge on any atom is -0.461 e. The first-order chi connectivity index (χ1) is 13.1. The molecule has 0 aliphatic heterocycles. The van der Waals surface area contributed by atoms with Gasteiger partial charge in [0.1, 0.15) is 18.1 Å². The van der Waals surface area contributed by atoms with Crippen molar-refractivity contribution in [3.8, 4) is 0 Å². The monoisotopic (exact) mass is 431 g/mol. The summed E-state index contributed by atoms with van der Waals surface area (Å²) in [4.78, 5) is 21.7. The van der Waals surface area contributed by atoms with Crippen molar-refractivity contribution in [2.45, 2.75) is 17.9 Å². The van der Waals surface area contributed by atoms with Gasteiger partial charge in [-0.05, 0) is 24.3 Å². The molecule has 0 fully saturated rings. The van der Waals surface area contributed by atoms with Gasteiger partial charge in [0.05, 0.1) is 21.3 Å². The van der Waals surface area contributed by atoms with Crippen LogP contribution in [-0.2, 0) is 26.2 Å². The van der Waals surface area contributed by atoms with Crippen LogP contribution < -0.4 is 10.5 Å². The Morgan fingerprint density at radius 1 is 1.32 bits per heavy atom. The molecule has 0 aliphatic carbocycles. The van der Waals surface area contributed by atoms with Crippen LogP contribution in [0.4, 0.5) is 15.8 Å². The molecule has 0 amide bonds. The van der Waals surface area contributed by atoms with Crippen molar-refractivity contribution in [3.05, 3.63) is 62.9 Å². The maximum Gasteiger partial charge on any atom is 0.307 e. The molecule has 3 N–H and O–H groups in total. The number of hydrogen-bond donors (Lipinski definition) is 2. The second-order valence-corrected chi connectivity index (χ2v) is 7.49.